The number of benzene rings is 4. The first-order chi connectivity index (χ1) is 20.9. The molecule has 4 aromatic carbocycles. The predicted molar refractivity (Wildman–Crippen MR) is 150 cm³/mol. The molecule has 0 saturated heterocycles. The third-order valence-corrected chi connectivity index (χ3v) is 7.54. The standard InChI is InChI=1S/C31H19ClF5N3O4/c32-23-3-2-18(33)13-20(23)27-26-22(30(43)40-27)10-15(14-1-4-25-21(9-14)29(42)38-5-6-44-25)11-24(26)39-28(41)16-7-17(31(35,36)37)12-19(34)8-16/h1-4,7-13,27H,5-6H2,(H,38,42)(H,39,41)(H,40,43). The zero-order valence-electron chi connectivity index (χ0n) is 22.2. The minimum atomic E-state index is -4.92. The second kappa shape index (κ2) is 10.9. The number of halogens is 6. The predicted octanol–water partition coefficient (Wildman–Crippen LogP) is 6.51. The zero-order chi connectivity index (χ0) is 31.3. The number of nitrogens with one attached hydrogen (secondary N) is 3. The van der Waals surface area contributed by atoms with Gasteiger partial charge in [-0.15, -0.1) is 0 Å². The molecule has 1 atom stereocenters. The van der Waals surface area contributed by atoms with Gasteiger partial charge < -0.3 is 20.7 Å². The normalized spacial score (nSPS) is 15.8. The summed E-state index contributed by atoms with van der Waals surface area (Å²) in [4.78, 5) is 39.2. The molecular formula is C31H19ClF5N3O4. The molecule has 3 amide bonds. The quantitative estimate of drug-likeness (QED) is 0.225. The van der Waals surface area contributed by atoms with Crippen molar-refractivity contribution in [2.24, 2.45) is 0 Å². The van der Waals surface area contributed by atoms with Crippen molar-refractivity contribution in [2.75, 3.05) is 18.5 Å². The van der Waals surface area contributed by atoms with Gasteiger partial charge in [-0.1, -0.05) is 17.7 Å². The van der Waals surface area contributed by atoms with E-state index in [1.165, 1.54) is 24.3 Å². The van der Waals surface area contributed by atoms with Crippen LogP contribution in [0, 0.1) is 11.6 Å². The lowest BCUT2D eigenvalue weighted by Gasteiger charge is -2.19. The molecule has 0 radical (unpaired) electrons. The fourth-order valence-corrected chi connectivity index (χ4v) is 5.41. The average molecular weight is 628 g/mol. The first-order valence-corrected chi connectivity index (χ1v) is 13.4. The van der Waals surface area contributed by atoms with Crippen LogP contribution in [0.25, 0.3) is 11.1 Å². The monoisotopic (exact) mass is 627 g/mol. The molecule has 2 aliphatic rings. The molecule has 3 N–H and O–H groups in total. The maximum atomic E-state index is 14.3. The number of ether oxygens (including phenoxy) is 1. The Morgan fingerprint density at radius 2 is 1.66 bits per heavy atom. The largest absolute Gasteiger partial charge is 0.491 e. The number of anilines is 1. The number of alkyl halides is 3. The van der Waals surface area contributed by atoms with E-state index in [1.54, 1.807) is 12.1 Å². The Kier molecular flexibility index (Phi) is 7.24. The van der Waals surface area contributed by atoms with Gasteiger partial charge in [-0.05, 0) is 71.8 Å². The average Bonchev–Trinajstić information content (AvgIpc) is 3.19. The van der Waals surface area contributed by atoms with Crippen molar-refractivity contribution >= 4 is 35.0 Å². The van der Waals surface area contributed by atoms with Crippen LogP contribution in [-0.2, 0) is 6.18 Å². The Morgan fingerprint density at radius 1 is 0.886 bits per heavy atom. The number of rotatable bonds is 4. The van der Waals surface area contributed by atoms with Gasteiger partial charge >= 0.3 is 6.18 Å². The van der Waals surface area contributed by atoms with Crippen LogP contribution in [-0.4, -0.2) is 30.9 Å². The van der Waals surface area contributed by atoms with Gasteiger partial charge in [0.15, 0.2) is 0 Å². The summed E-state index contributed by atoms with van der Waals surface area (Å²) in [5.41, 5.74) is -0.675. The van der Waals surface area contributed by atoms with Crippen molar-refractivity contribution < 1.29 is 41.1 Å². The lowest BCUT2D eigenvalue weighted by Crippen LogP contribution is -2.24. The highest BCUT2D eigenvalue weighted by Crippen LogP contribution is 2.42. The summed E-state index contributed by atoms with van der Waals surface area (Å²) >= 11 is 6.34. The molecule has 0 fully saturated rings. The molecule has 2 aliphatic heterocycles. The Morgan fingerprint density at radius 3 is 2.43 bits per heavy atom. The van der Waals surface area contributed by atoms with Gasteiger partial charge in [0.05, 0.1) is 23.7 Å². The third-order valence-electron chi connectivity index (χ3n) is 7.20. The SMILES string of the molecule is O=C(Nc1cc(-c2ccc3c(c2)C(=O)NCCO3)cc2c1C(c1cc(F)ccc1Cl)NC2=O)c1cc(F)cc(C(F)(F)F)c1. The highest BCUT2D eigenvalue weighted by atomic mass is 35.5. The van der Waals surface area contributed by atoms with E-state index in [1.807, 2.05) is 0 Å². The lowest BCUT2D eigenvalue weighted by molar-refractivity contribution is -0.137. The van der Waals surface area contributed by atoms with E-state index >= 15 is 0 Å². The van der Waals surface area contributed by atoms with Crippen LogP contribution in [0.5, 0.6) is 5.75 Å². The van der Waals surface area contributed by atoms with Crippen LogP contribution in [0.1, 0.15) is 53.8 Å². The molecule has 0 aromatic heterocycles. The molecule has 4 aromatic rings. The van der Waals surface area contributed by atoms with E-state index in [0.717, 1.165) is 12.1 Å². The van der Waals surface area contributed by atoms with E-state index < -0.39 is 46.8 Å². The second-order valence-corrected chi connectivity index (χ2v) is 10.5. The van der Waals surface area contributed by atoms with E-state index in [9.17, 15) is 36.3 Å². The highest BCUT2D eigenvalue weighted by molar-refractivity contribution is 6.31. The van der Waals surface area contributed by atoms with Gasteiger partial charge in [0.1, 0.15) is 24.0 Å². The highest BCUT2D eigenvalue weighted by Gasteiger charge is 2.36. The Balaban J connectivity index is 1.50. The van der Waals surface area contributed by atoms with Crippen molar-refractivity contribution in [2.45, 2.75) is 12.2 Å². The number of hydrogen-bond donors (Lipinski definition) is 3. The Hall–Kier alpha value is -4.97. The van der Waals surface area contributed by atoms with E-state index in [0.29, 0.717) is 29.0 Å². The lowest BCUT2D eigenvalue weighted by atomic mass is 9.92. The van der Waals surface area contributed by atoms with Gasteiger partial charge in [-0.3, -0.25) is 14.4 Å². The van der Waals surface area contributed by atoms with Crippen LogP contribution in [0.15, 0.2) is 66.7 Å². The summed E-state index contributed by atoms with van der Waals surface area (Å²) < 4.78 is 74.1. The van der Waals surface area contributed by atoms with Crippen molar-refractivity contribution in [3.63, 3.8) is 0 Å². The number of carbonyl (C=O) groups excluding carboxylic acids is 3. The minimum absolute atomic E-state index is 0.0420. The van der Waals surface area contributed by atoms with Gasteiger partial charge in [-0.2, -0.15) is 13.2 Å². The van der Waals surface area contributed by atoms with Crippen molar-refractivity contribution in [1.29, 1.82) is 0 Å². The van der Waals surface area contributed by atoms with Crippen LogP contribution in [0.3, 0.4) is 0 Å². The van der Waals surface area contributed by atoms with Crippen LogP contribution < -0.4 is 20.7 Å². The first-order valence-electron chi connectivity index (χ1n) is 13.1. The van der Waals surface area contributed by atoms with Crippen LogP contribution in [0.2, 0.25) is 5.02 Å². The molecule has 0 saturated carbocycles. The maximum Gasteiger partial charge on any atom is 0.416 e. The van der Waals surface area contributed by atoms with E-state index in [4.69, 9.17) is 16.3 Å². The maximum absolute atomic E-state index is 14.3. The van der Waals surface area contributed by atoms with Crippen LogP contribution in [0.4, 0.5) is 27.6 Å². The number of carbonyl (C=O) groups is 3. The Labute approximate surface area is 251 Å². The third kappa shape index (κ3) is 5.44. The summed E-state index contributed by atoms with van der Waals surface area (Å²) in [7, 11) is 0. The van der Waals surface area contributed by atoms with Gasteiger partial charge in [0.2, 0.25) is 0 Å². The smallest absolute Gasteiger partial charge is 0.416 e. The summed E-state index contributed by atoms with van der Waals surface area (Å²) in [5.74, 6) is -3.70. The first kappa shape index (κ1) is 29.1. The van der Waals surface area contributed by atoms with E-state index in [2.05, 4.69) is 16.0 Å². The topological polar surface area (TPSA) is 96.5 Å². The zero-order valence-corrected chi connectivity index (χ0v) is 23.0. The fraction of sp³-hybridized carbons (Fsp3) is 0.129. The van der Waals surface area contributed by atoms with Crippen molar-refractivity contribution in [3.8, 4) is 16.9 Å². The fourth-order valence-electron chi connectivity index (χ4n) is 5.18. The molecule has 0 bridgehead atoms. The van der Waals surface area contributed by atoms with Crippen molar-refractivity contribution in [1.82, 2.24) is 10.6 Å². The molecule has 2 heterocycles. The Bertz CT molecular complexity index is 1880. The summed E-state index contributed by atoms with van der Waals surface area (Å²) in [5, 5.41) is 8.01. The minimum Gasteiger partial charge on any atom is -0.491 e. The number of amides is 3. The van der Waals surface area contributed by atoms with Crippen LogP contribution >= 0.6 is 11.6 Å². The number of hydrogen-bond acceptors (Lipinski definition) is 4. The molecule has 224 valence electrons. The molecule has 6 rings (SSSR count). The van der Waals surface area contributed by atoms with E-state index in [-0.39, 0.29) is 58.1 Å². The number of fused-ring (bicyclic) bond motifs is 2. The summed E-state index contributed by atoms with van der Waals surface area (Å²) in [6.45, 7) is 0.547. The van der Waals surface area contributed by atoms with Gasteiger partial charge in [0.25, 0.3) is 17.7 Å². The van der Waals surface area contributed by atoms with Crippen molar-refractivity contribution in [3.05, 3.63) is 117 Å². The molecule has 44 heavy (non-hydrogen) atoms. The molecule has 7 nitrogen and oxygen atoms in total. The summed E-state index contributed by atoms with van der Waals surface area (Å²) in [6.07, 6.45) is -4.92. The molecule has 1 unspecified atom stereocenters. The molecule has 13 heteroatoms. The molecule has 0 aliphatic carbocycles. The molecular weight excluding hydrogens is 609 g/mol. The summed E-state index contributed by atoms with van der Waals surface area (Å²) in [6, 6.07) is 11.5. The molecule has 0 spiro atoms. The second-order valence-electron chi connectivity index (χ2n) is 10.1. The van der Waals surface area contributed by atoms with Gasteiger partial charge in [0, 0.05) is 33.0 Å². The van der Waals surface area contributed by atoms with Gasteiger partial charge in [-0.25, -0.2) is 8.78 Å².